The second-order valence-corrected chi connectivity index (χ2v) is 8.80. The number of fused-ring (bicyclic) bond motifs is 1. The number of hydrogen-bond donors (Lipinski definition) is 2. The molecule has 0 fully saturated rings. The molecule has 7 nitrogen and oxygen atoms in total. The standard InChI is InChI=1S/C22H21BrClN5O2/c1-12-4-6-15(10-16(12)23)26-22(31)28-7-8-29-18(11-28)19(21(25)30)20(27-29)14-5-3-13(2)17(24)9-14/h3-6,9-10H,7-8,11H2,1-2H3,(H2,25,30)(H,26,31). The number of benzene rings is 2. The summed E-state index contributed by atoms with van der Waals surface area (Å²) >= 11 is 9.75. The Hall–Kier alpha value is -2.84. The monoisotopic (exact) mass is 501 g/mol. The van der Waals surface area contributed by atoms with Gasteiger partial charge in [0.1, 0.15) is 5.69 Å². The largest absolute Gasteiger partial charge is 0.365 e. The van der Waals surface area contributed by atoms with Crippen molar-refractivity contribution >= 4 is 45.2 Å². The number of anilines is 1. The van der Waals surface area contributed by atoms with E-state index in [1.807, 2.05) is 44.2 Å². The predicted molar refractivity (Wildman–Crippen MR) is 124 cm³/mol. The van der Waals surface area contributed by atoms with E-state index in [4.69, 9.17) is 17.3 Å². The lowest BCUT2D eigenvalue weighted by molar-refractivity contribution is 0.0997. The maximum absolute atomic E-state index is 12.8. The summed E-state index contributed by atoms with van der Waals surface area (Å²) in [5.41, 5.74) is 10.5. The smallest absolute Gasteiger partial charge is 0.322 e. The third-order valence-electron chi connectivity index (χ3n) is 5.38. The first-order chi connectivity index (χ1) is 14.7. The molecule has 2 heterocycles. The van der Waals surface area contributed by atoms with Crippen LogP contribution in [0.3, 0.4) is 0 Å². The fourth-order valence-electron chi connectivity index (χ4n) is 3.57. The van der Waals surface area contributed by atoms with Crippen molar-refractivity contribution in [2.24, 2.45) is 5.73 Å². The molecule has 0 radical (unpaired) electrons. The number of halogens is 2. The van der Waals surface area contributed by atoms with Gasteiger partial charge < -0.3 is 16.0 Å². The SMILES string of the molecule is Cc1ccc(-c2nn3c(c2C(N)=O)CN(C(=O)Nc2ccc(C)c(Br)c2)CC3)cc1Cl. The second-order valence-electron chi connectivity index (χ2n) is 7.54. The molecule has 0 bridgehead atoms. The van der Waals surface area contributed by atoms with Crippen LogP contribution in [0.25, 0.3) is 11.3 Å². The van der Waals surface area contributed by atoms with E-state index in [-0.39, 0.29) is 12.6 Å². The number of carbonyl (C=O) groups is 2. The van der Waals surface area contributed by atoms with Crippen LogP contribution in [0.1, 0.15) is 27.2 Å². The van der Waals surface area contributed by atoms with Crippen molar-refractivity contribution in [1.29, 1.82) is 0 Å². The fourth-order valence-corrected chi connectivity index (χ4v) is 4.12. The number of amides is 3. The molecule has 0 aliphatic carbocycles. The van der Waals surface area contributed by atoms with Gasteiger partial charge in [-0.25, -0.2) is 4.79 Å². The first-order valence-electron chi connectivity index (χ1n) is 9.72. The summed E-state index contributed by atoms with van der Waals surface area (Å²) in [5.74, 6) is -0.585. The zero-order valence-corrected chi connectivity index (χ0v) is 19.4. The first-order valence-corrected chi connectivity index (χ1v) is 10.9. The summed E-state index contributed by atoms with van der Waals surface area (Å²) in [7, 11) is 0. The summed E-state index contributed by atoms with van der Waals surface area (Å²) in [5, 5.41) is 8.10. The molecule has 2 aromatic carbocycles. The minimum atomic E-state index is -0.585. The lowest BCUT2D eigenvalue weighted by Gasteiger charge is -2.28. The average molecular weight is 503 g/mol. The van der Waals surface area contributed by atoms with Crippen molar-refractivity contribution in [2.45, 2.75) is 26.9 Å². The van der Waals surface area contributed by atoms with Gasteiger partial charge in [-0.05, 0) is 43.2 Å². The summed E-state index contributed by atoms with van der Waals surface area (Å²) in [6, 6.07) is 10.9. The highest BCUT2D eigenvalue weighted by Crippen LogP contribution is 2.31. The Morgan fingerprint density at radius 2 is 1.87 bits per heavy atom. The van der Waals surface area contributed by atoms with Crippen LogP contribution in [0.15, 0.2) is 40.9 Å². The van der Waals surface area contributed by atoms with E-state index < -0.39 is 5.91 Å². The molecule has 0 saturated heterocycles. The second kappa shape index (κ2) is 8.36. The molecule has 3 amide bonds. The van der Waals surface area contributed by atoms with E-state index in [1.165, 1.54) is 0 Å². The molecule has 0 unspecified atom stereocenters. The molecule has 0 saturated carbocycles. The summed E-state index contributed by atoms with van der Waals surface area (Å²) in [6.45, 7) is 5.03. The molecule has 3 aromatic rings. The zero-order valence-electron chi connectivity index (χ0n) is 17.1. The van der Waals surface area contributed by atoms with Gasteiger partial charge in [0.05, 0.1) is 24.3 Å². The van der Waals surface area contributed by atoms with Crippen molar-refractivity contribution < 1.29 is 9.59 Å². The Bertz CT molecular complexity index is 1210. The lowest BCUT2D eigenvalue weighted by Crippen LogP contribution is -2.41. The fraction of sp³-hybridized carbons (Fsp3) is 0.227. The van der Waals surface area contributed by atoms with E-state index in [0.29, 0.717) is 46.3 Å². The third kappa shape index (κ3) is 4.18. The number of urea groups is 1. The number of nitrogens with two attached hydrogens (primary N) is 1. The molecular formula is C22H21BrClN5O2. The Kier molecular flexibility index (Phi) is 5.77. The number of aryl methyl sites for hydroxylation is 2. The van der Waals surface area contributed by atoms with Crippen LogP contribution in [0.2, 0.25) is 5.02 Å². The van der Waals surface area contributed by atoms with Crippen LogP contribution in [0.5, 0.6) is 0 Å². The highest BCUT2D eigenvalue weighted by Gasteiger charge is 2.29. The quantitative estimate of drug-likeness (QED) is 0.542. The Morgan fingerprint density at radius 3 is 2.55 bits per heavy atom. The molecule has 4 rings (SSSR count). The van der Waals surface area contributed by atoms with Crippen LogP contribution >= 0.6 is 27.5 Å². The summed E-state index contributed by atoms with van der Waals surface area (Å²) in [4.78, 5) is 26.8. The molecule has 3 N–H and O–H groups in total. The van der Waals surface area contributed by atoms with E-state index in [9.17, 15) is 9.59 Å². The topological polar surface area (TPSA) is 93.2 Å². The average Bonchev–Trinajstić information content (AvgIpc) is 3.11. The van der Waals surface area contributed by atoms with E-state index in [1.54, 1.807) is 15.6 Å². The minimum absolute atomic E-state index is 0.226. The molecule has 1 aromatic heterocycles. The van der Waals surface area contributed by atoms with Crippen LogP contribution < -0.4 is 11.1 Å². The van der Waals surface area contributed by atoms with Gasteiger partial charge >= 0.3 is 6.03 Å². The molecular weight excluding hydrogens is 482 g/mol. The van der Waals surface area contributed by atoms with Gasteiger partial charge in [-0.15, -0.1) is 0 Å². The molecule has 1 aliphatic heterocycles. The van der Waals surface area contributed by atoms with Crippen LogP contribution in [0, 0.1) is 13.8 Å². The highest BCUT2D eigenvalue weighted by atomic mass is 79.9. The first kappa shape index (κ1) is 21.4. The van der Waals surface area contributed by atoms with Crippen molar-refractivity contribution in [3.05, 3.63) is 68.3 Å². The number of carbonyl (C=O) groups excluding carboxylic acids is 2. The molecule has 31 heavy (non-hydrogen) atoms. The van der Waals surface area contributed by atoms with Crippen molar-refractivity contribution in [2.75, 3.05) is 11.9 Å². The zero-order chi connectivity index (χ0) is 22.3. The van der Waals surface area contributed by atoms with Gasteiger partial charge in [-0.3, -0.25) is 9.48 Å². The van der Waals surface area contributed by atoms with Gasteiger partial charge in [0.25, 0.3) is 5.91 Å². The van der Waals surface area contributed by atoms with E-state index in [2.05, 4.69) is 26.3 Å². The normalized spacial score (nSPS) is 13.1. The summed E-state index contributed by atoms with van der Waals surface area (Å²) < 4.78 is 2.66. The number of nitrogens with one attached hydrogen (secondary N) is 1. The van der Waals surface area contributed by atoms with Gasteiger partial charge in [-0.1, -0.05) is 45.7 Å². The maximum Gasteiger partial charge on any atom is 0.322 e. The van der Waals surface area contributed by atoms with Gasteiger partial charge in [-0.2, -0.15) is 5.10 Å². The van der Waals surface area contributed by atoms with Crippen molar-refractivity contribution in [3.8, 4) is 11.3 Å². The molecule has 9 heteroatoms. The molecule has 0 spiro atoms. The number of rotatable bonds is 3. The van der Waals surface area contributed by atoms with Crippen molar-refractivity contribution in [1.82, 2.24) is 14.7 Å². The van der Waals surface area contributed by atoms with Gasteiger partial charge in [0.15, 0.2) is 0 Å². The van der Waals surface area contributed by atoms with Gasteiger partial charge in [0.2, 0.25) is 0 Å². The molecule has 1 aliphatic rings. The molecule has 160 valence electrons. The number of hydrogen-bond acceptors (Lipinski definition) is 3. The van der Waals surface area contributed by atoms with E-state index >= 15 is 0 Å². The maximum atomic E-state index is 12.8. The van der Waals surface area contributed by atoms with E-state index in [0.717, 1.165) is 15.6 Å². The number of primary amides is 1. The lowest BCUT2D eigenvalue weighted by atomic mass is 10.0. The van der Waals surface area contributed by atoms with Gasteiger partial charge in [0, 0.05) is 27.3 Å². The van der Waals surface area contributed by atoms with Crippen LogP contribution in [0.4, 0.5) is 10.5 Å². The summed E-state index contributed by atoms with van der Waals surface area (Å²) in [6.07, 6.45) is 0. The third-order valence-corrected chi connectivity index (χ3v) is 6.64. The van der Waals surface area contributed by atoms with Crippen molar-refractivity contribution in [3.63, 3.8) is 0 Å². The minimum Gasteiger partial charge on any atom is -0.365 e. The Labute approximate surface area is 193 Å². The predicted octanol–water partition coefficient (Wildman–Crippen LogP) is 4.73. The van der Waals surface area contributed by atoms with Crippen LogP contribution in [-0.2, 0) is 13.1 Å². The molecule has 0 atom stereocenters. The Balaban J connectivity index is 1.63. The highest BCUT2D eigenvalue weighted by molar-refractivity contribution is 9.10. The Morgan fingerprint density at radius 1 is 1.13 bits per heavy atom. The van der Waals surface area contributed by atoms with Crippen LogP contribution in [-0.4, -0.2) is 33.2 Å². The number of nitrogens with zero attached hydrogens (tertiary/aromatic N) is 3. The number of aromatic nitrogens is 2.